The molecule has 0 heterocycles. The second-order valence-corrected chi connectivity index (χ2v) is 8.18. The molecule has 0 unspecified atom stereocenters. The Bertz CT molecular complexity index is 689. The number of thiocarbonyl (C=S) groups is 1. The monoisotopic (exact) mass is 402 g/mol. The van der Waals surface area contributed by atoms with E-state index in [0.29, 0.717) is 42.8 Å². The van der Waals surface area contributed by atoms with Crippen LogP contribution in [0.25, 0.3) is 0 Å². The molecule has 1 rings (SSSR count). The van der Waals surface area contributed by atoms with E-state index in [1.165, 1.54) is 4.31 Å². The molecule has 0 saturated heterocycles. The summed E-state index contributed by atoms with van der Waals surface area (Å²) in [6.45, 7) is 8.16. The Hall–Kier alpha value is -1.42. The number of hydrogen-bond acceptors (Lipinski definition) is 5. The minimum atomic E-state index is -3.64. The number of nitrogens with zero attached hydrogens (tertiary/aromatic N) is 2. The number of ether oxygens (including phenoxy) is 1. The van der Waals surface area contributed by atoms with Crippen LogP contribution in [0.2, 0.25) is 0 Å². The molecular formula is C17H30N4O3S2. The topological polar surface area (TPSA) is 73.9 Å². The summed E-state index contributed by atoms with van der Waals surface area (Å²) in [4.78, 5) is 2.19. The molecule has 0 aliphatic heterocycles. The van der Waals surface area contributed by atoms with Crippen molar-refractivity contribution < 1.29 is 13.2 Å². The van der Waals surface area contributed by atoms with E-state index >= 15 is 0 Å². The van der Waals surface area contributed by atoms with Gasteiger partial charge in [-0.15, -0.1) is 0 Å². The summed E-state index contributed by atoms with van der Waals surface area (Å²) in [5, 5.41) is 6.58. The maximum atomic E-state index is 12.9. The smallest absolute Gasteiger partial charge is 0.246 e. The lowest BCUT2D eigenvalue weighted by Crippen LogP contribution is -2.34. The number of likely N-dealkylation sites (N-methyl/N-ethyl adjacent to an activating group) is 1. The zero-order chi connectivity index (χ0) is 19.7. The van der Waals surface area contributed by atoms with E-state index in [4.69, 9.17) is 17.0 Å². The first-order chi connectivity index (χ1) is 12.3. The largest absolute Gasteiger partial charge is 0.492 e. The number of anilines is 1. The van der Waals surface area contributed by atoms with Crippen molar-refractivity contribution in [2.75, 3.05) is 52.2 Å². The summed E-state index contributed by atoms with van der Waals surface area (Å²) in [5.41, 5.74) is 0.599. The minimum absolute atomic E-state index is 0.143. The van der Waals surface area contributed by atoms with Crippen molar-refractivity contribution in [2.45, 2.75) is 25.7 Å². The number of rotatable bonds is 10. The van der Waals surface area contributed by atoms with Crippen LogP contribution in [0, 0.1) is 0 Å². The van der Waals surface area contributed by atoms with Gasteiger partial charge in [0.1, 0.15) is 10.6 Å². The third-order valence-electron chi connectivity index (χ3n) is 3.67. The molecular weight excluding hydrogens is 372 g/mol. The van der Waals surface area contributed by atoms with Crippen LogP contribution in [0.5, 0.6) is 5.75 Å². The van der Waals surface area contributed by atoms with Crippen LogP contribution in [0.3, 0.4) is 0 Å². The van der Waals surface area contributed by atoms with Gasteiger partial charge >= 0.3 is 0 Å². The van der Waals surface area contributed by atoms with Crippen LogP contribution >= 0.6 is 12.2 Å². The highest BCUT2D eigenvalue weighted by Gasteiger charge is 2.26. The van der Waals surface area contributed by atoms with Gasteiger partial charge in [0, 0.05) is 31.9 Å². The van der Waals surface area contributed by atoms with E-state index in [9.17, 15) is 8.42 Å². The third-order valence-corrected chi connectivity index (χ3v) is 5.99. The molecule has 7 nitrogen and oxygen atoms in total. The Morgan fingerprint density at radius 1 is 1.19 bits per heavy atom. The van der Waals surface area contributed by atoms with E-state index < -0.39 is 10.0 Å². The molecule has 0 atom stereocenters. The summed E-state index contributed by atoms with van der Waals surface area (Å²) in [6, 6.07) is 4.98. The quantitative estimate of drug-likeness (QED) is 0.580. The Morgan fingerprint density at radius 3 is 2.38 bits per heavy atom. The Morgan fingerprint density at radius 2 is 1.85 bits per heavy atom. The number of benzene rings is 1. The molecule has 0 aliphatic rings. The Kier molecular flexibility index (Phi) is 9.28. The van der Waals surface area contributed by atoms with Gasteiger partial charge in [-0.3, -0.25) is 0 Å². The fourth-order valence-electron chi connectivity index (χ4n) is 2.33. The second-order valence-electron chi connectivity index (χ2n) is 5.87. The van der Waals surface area contributed by atoms with E-state index in [0.717, 1.165) is 6.54 Å². The van der Waals surface area contributed by atoms with Crippen molar-refractivity contribution >= 4 is 33.0 Å². The van der Waals surface area contributed by atoms with Crippen molar-refractivity contribution in [3.8, 4) is 5.75 Å². The zero-order valence-electron chi connectivity index (χ0n) is 16.2. The molecule has 26 heavy (non-hydrogen) atoms. The summed E-state index contributed by atoms with van der Waals surface area (Å²) >= 11 is 5.27. The van der Waals surface area contributed by atoms with Gasteiger partial charge in [0.15, 0.2) is 5.11 Å². The fourth-order valence-corrected chi connectivity index (χ4v) is 4.17. The second kappa shape index (κ2) is 10.7. The van der Waals surface area contributed by atoms with Crippen molar-refractivity contribution in [1.82, 2.24) is 14.5 Å². The highest BCUT2D eigenvalue weighted by molar-refractivity contribution is 7.89. The van der Waals surface area contributed by atoms with Gasteiger partial charge in [-0.25, -0.2) is 8.42 Å². The molecule has 0 saturated carbocycles. The van der Waals surface area contributed by atoms with E-state index in [1.807, 2.05) is 39.8 Å². The standard InChI is InChI=1S/C17H30N4O3S2/c1-6-21(7-2)26(22,23)16-13-14(9-10-15(16)24-8-3)19-17(25)18-11-12-20(4)5/h9-10,13H,6-8,11-12H2,1-5H3,(H2,18,19,25). The lowest BCUT2D eigenvalue weighted by molar-refractivity contribution is 0.329. The van der Waals surface area contributed by atoms with Crippen molar-refractivity contribution in [3.63, 3.8) is 0 Å². The number of nitrogens with one attached hydrogen (secondary N) is 2. The van der Waals surface area contributed by atoms with Gasteiger partial charge in [-0.1, -0.05) is 13.8 Å². The molecule has 0 radical (unpaired) electrons. The maximum Gasteiger partial charge on any atom is 0.246 e. The van der Waals surface area contributed by atoms with Crippen LogP contribution in [0.1, 0.15) is 20.8 Å². The molecule has 2 N–H and O–H groups in total. The summed E-state index contributed by atoms with van der Waals surface area (Å²) < 4.78 is 32.8. The molecule has 1 aromatic rings. The molecule has 0 spiro atoms. The van der Waals surface area contributed by atoms with Crippen molar-refractivity contribution in [2.24, 2.45) is 0 Å². The highest BCUT2D eigenvalue weighted by atomic mass is 32.2. The third kappa shape index (κ3) is 6.39. The van der Waals surface area contributed by atoms with Gasteiger partial charge < -0.3 is 20.3 Å². The van der Waals surface area contributed by atoms with Gasteiger partial charge in [0.25, 0.3) is 0 Å². The summed E-state index contributed by atoms with van der Waals surface area (Å²) in [6.07, 6.45) is 0. The lowest BCUT2D eigenvalue weighted by atomic mass is 10.3. The normalized spacial score (nSPS) is 11.7. The molecule has 148 valence electrons. The molecule has 0 fully saturated rings. The Labute approximate surface area is 162 Å². The SMILES string of the molecule is CCOc1ccc(NC(=S)NCCN(C)C)cc1S(=O)(=O)N(CC)CC. The van der Waals surface area contributed by atoms with Crippen LogP contribution in [-0.4, -0.2) is 69.6 Å². The van der Waals surface area contributed by atoms with Crippen LogP contribution < -0.4 is 15.4 Å². The molecule has 0 aromatic heterocycles. The average Bonchev–Trinajstić information content (AvgIpc) is 2.56. The summed E-state index contributed by atoms with van der Waals surface area (Å²) in [5.74, 6) is 0.344. The zero-order valence-corrected chi connectivity index (χ0v) is 17.8. The molecule has 0 amide bonds. The molecule has 0 aliphatic carbocycles. The van der Waals surface area contributed by atoms with Gasteiger partial charge in [-0.2, -0.15) is 4.31 Å². The number of sulfonamides is 1. The van der Waals surface area contributed by atoms with Crippen LogP contribution in [0.15, 0.2) is 23.1 Å². The first-order valence-electron chi connectivity index (χ1n) is 8.72. The molecule has 0 bridgehead atoms. The molecule has 9 heteroatoms. The highest BCUT2D eigenvalue weighted by Crippen LogP contribution is 2.30. The van der Waals surface area contributed by atoms with Crippen LogP contribution in [0.4, 0.5) is 5.69 Å². The van der Waals surface area contributed by atoms with Crippen molar-refractivity contribution in [1.29, 1.82) is 0 Å². The van der Waals surface area contributed by atoms with Crippen molar-refractivity contribution in [3.05, 3.63) is 18.2 Å². The predicted molar refractivity (Wildman–Crippen MR) is 110 cm³/mol. The lowest BCUT2D eigenvalue weighted by Gasteiger charge is -2.21. The van der Waals surface area contributed by atoms with Gasteiger partial charge in [-0.05, 0) is 51.4 Å². The summed E-state index contributed by atoms with van der Waals surface area (Å²) in [7, 11) is 0.320. The fraction of sp³-hybridized carbons (Fsp3) is 0.588. The first-order valence-corrected chi connectivity index (χ1v) is 10.6. The molecule has 1 aromatic carbocycles. The minimum Gasteiger partial charge on any atom is -0.492 e. The maximum absolute atomic E-state index is 12.9. The van der Waals surface area contributed by atoms with E-state index in [2.05, 4.69) is 10.6 Å². The van der Waals surface area contributed by atoms with Gasteiger partial charge in [0.2, 0.25) is 10.0 Å². The predicted octanol–water partition coefficient (Wildman–Crippen LogP) is 1.96. The first kappa shape index (κ1) is 22.6. The number of hydrogen-bond donors (Lipinski definition) is 2. The Balaban J connectivity index is 3.06. The van der Waals surface area contributed by atoms with Crippen LogP contribution in [-0.2, 0) is 10.0 Å². The van der Waals surface area contributed by atoms with E-state index in [1.54, 1.807) is 18.2 Å². The van der Waals surface area contributed by atoms with E-state index in [-0.39, 0.29) is 4.90 Å². The average molecular weight is 403 g/mol. The van der Waals surface area contributed by atoms with Gasteiger partial charge in [0.05, 0.1) is 6.61 Å².